The third kappa shape index (κ3) is 3.40. The number of aromatic carboxylic acids is 1. The third-order valence-corrected chi connectivity index (χ3v) is 3.27. The van der Waals surface area contributed by atoms with E-state index in [0.29, 0.717) is 18.3 Å². The molecule has 7 nitrogen and oxygen atoms in total. The van der Waals surface area contributed by atoms with E-state index in [1.165, 1.54) is 12.4 Å². The Morgan fingerprint density at radius 1 is 1.32 bits per heavy atom. The predicted octanol–water partition coefficient (Wildman–Crippen LogP) is 0.267. The minimum atomic E-state index is -1.04. The molecule has 2 rings (SSSR count). The van der Waals surface area contributed by atoms with Crippen LogP contribution in [0.2, 0.25) is 0 Å². The minimum Gasteiger partial charge on any atom is -0.478 e. The molecule has 2 heterocycles. The molecule has 1 aromatic heterocycles. The van der Waals surface area contributed by atoms with E-state index in [1.54, 1.807) is 0 Å². The molecule has 1 saturated heterocycles. The summed E-state index contributed by atoms with van der Waals surface area (Å²) in [6, 6.07) is 0. The first kappa shape index (κ1) is 13.3. The number of rotatable bonds is 4. The quantitative estimate of drug-likeness (QED) is 0.807. The van der Waals surface area contributed by atoms with Crippen LogP contribution in [-0.2, 0) is 4.79 Å². The van der Waals surface area contributed by atoms with E-state index < -0.39 is 5.97 Å². The Balaban J connectivity index is 1.94. The van der Waals surface area contributed by atoms with Crippen LogP contribution in [0.15, 0.2) is 12.4 Å². The number of nitrogens with two attached hydrogens (primary N) is 1. The molecule has 0 radical (unpaired) electrons. The third-order valence-electron chi connectivity index (χ3n) is 3.27. The van der Waals surface area contributed by atoms with E-state index in [2.05, 4.69) is 9.97 Å². The molecule has 1 aliphatic rings. The van der Waals surface area contributed by atoms with Crippen molar-refractivity contribution in [2.45, 2.75) is 19.3 Å². The lowest BCUT2D eigenvalue weighted by atomic mass is 9.93. The first-order chi connectivity index (χ1) is 9.06. The monoisotopic (exact) mass is 264 g/mol. The fourth-order valence-electron chi connectivity index (χ4n) is 2.22. The van der Waals surface area contributed by atoms with Crippen molar-refractivity contribution < 1.29 is 14.7 Å². The number of anilines is 1. The molecule has 102 valence electrons. The van der Waals surface area contributed by atoms with Gasteiger partial charge in [-0.3, -0.25) is 4.79 Å². The molecule has 1 fully saturated rings. The fourth-order valence-corrected chi connectivity index (χ4v) is 2.22. The maximum Gasteiger partial charge on any atom is 0.338 e. The van der Waals surface area contributed by atoms with Crippen LogP contribution in [0.4, 0.5) is 5.95 Å². The van der Waals surface area contributed by atoms with Gasteiger partial charge < -0.3 is 15.7 Å². The van der Waals surface area contributed by atoms with Crippen molar-refractivity contribution >= 4 is 17.8 Å². The van der Waals surface area contributed by atoms with E-state index in [9.17, 15) is 9.59 Å². The van der Waals surface area contributed by atoms with Crippen molar-refractivity contribution in [3.63, 3.8) is 0 Å². The van der Waals surface area contributed by atoms with Crippen LogP contribution in [0.3, 0.4) is 0 Å². The standard InChI is InChI=1S/C12H16N4O3/c13-10(17)5-8-1-3-16(4-2-8)12-14-6-9(7-15-12)11(18)19/h6-8H,1-5H2,(H2,13,17)(H,18,19). The van der Waals surface area contributed by atoms with E-state index in [0.717, 1.165) is 25.9 Å². The molecule has 0 spiro atoms. The molecule has 0 atom stereocenters. The van der Waals surface area contributed by atoms with E-state index in [4.69, 9.17) is 10.8 Å². The number of carbonyl (C=O) groups is 2. The molecular weight excluding hydrogens is 248 g/mol. The van der Waals surface area contributed by atoms with Crippen LogP contribution in [0.5, 0.6) is 0 Å². The van der Waals surface area contributed by atoms with Crippen molar-refractivity contribution in [3.05, 3.63) is 18.0 Å². The van der Waals surface area contributed by atoms with Gasteiger partial charge >= 0.3 is 5.97 Å². The van der Waals surface area contributed by atoms with Gasteiger partial charge in [-0.1, -0.05) is 0 Å². The highest BCUT2D eigenvalue weighted by Crippen LogP contribution is 2.22. The number of amides is 1. The normalized spacial score (nSPS) is 16.3. The Hall–Kier alpha value is -2.18. The van der Waals surface area contributed by atoms with Crippen LogP contribution in [-0.4, -0.2) is 40.0 Å². The molecule has 0 bridgehead atoms. The summed E-state index contributed by atoms with van der Waals surface area (Å²) < 4.78 is 0. The molecule has 0 saturated carbocycles. The Labute approximate surface area is 110 Å². The van der Waals surface area contributed by atoms with Gasteiger partial charge in [0, 0.05) is 31.9 Å². The second-order valence-electron chi connectivity index (χ2n) is 4.68. The van der Waals surface area contributed by atoms with Crippen LogP contribution < -0.4 is 10.6 Å². The van der Waals surface area contributed by atoms with Gasteiger partial charge in [0.05, 0.1) is 5.56 Å². The van der Waals surface area contributed by atoms with Crippen molar-refractivity contribution in [1.82, 2.24) is 9.97 Å². The van der Waals surface area contributed by atoms with Gasteiger partial charge in [0.25, 0.3) is 0 Å². The molecule has 1 amide bonds. The van der Waals surface area contributed by atoms with E-state index in [1.807, 2.05) is 4.90 Å². The molecular formula is C12H16N4O3. The highest BCUT2D eigenvalue weighted by molar-refractivity contribution is 5.86. The second-order valence-corrected chi connectivity index (χ2v) is 4.68. The Bertz CT molecular complexity index is 466. The van der Waals surface area contributed by atoms with Gasteiger partial charge in [0.2, 0.25) is 11.9 Å². The molecule has 19 heavy (non-hydrogen) atoms. The summed E-state index contributed by atoms with van der Waals surface area (Å²) in [5.41, 5.74) is 5.26. The Kier molecular flexibility index (Phi) is 3.94. The number of carbonyl (C=O) groups excluding carboxylic acids is 1. The van der Waals surface area contributed by atoms with Gasteiger partial charge in [0.1, 0.15) is 0 Å². The highest BCUT2D eigenvalue weighted by Gasteiger charge is 2.22. The Morgan fingerprint density at radius 3 is 2.37 bits per heavy atom. The summed E-state index contributed by atoms with van der Waals surface area (Å²) in [4.78, 5) is 31.6. The van der Waals surface area contributed by atoms with Crippen LogP contribution in [0.1, 0.15) is 29.6 Å². The summed E-state index contributed by atoms with van der Waals surface area (Å²) in [6.07, 6.45) is 4.77. The zero-order valence-electron chi connectivity index (χ0n) is 10.5. The van der Waals surface area contributed by atoms with E-state index in [-0.39, 0.29) is 11.5 Å². The molecule has 3 N–H and O–H groups in total. The van der Waals surface area contributed by atoms with Crippen LogP contribution in [0.25, 0.3) is 0 Å². The molecule has 1 aliphatic heterocycles. The predicted molar refractivity (Wildman–Crippen MR) is 67.7 cm³/mol. The molecule has 0 aliphatic carbocycles. The highest BCUT2D eigenvalue weighted by atomic mass is 16.4. The molecule has 0 aromatic carbocycles. The fraction of sp³-hybridized carbons (Fsp3) is 0.500. The summed E-state index contributed by atoms with van der Waals surface area (Å²) >= 11 is 0. The zero-order chi connectivity index (χ0) is 13.8. The first-order valence-electron chi connectivity index (χ1n) is 6.15. The largest absolute Gasteiger partial charge is 0.478 e. The summed E-state index contributed by atoms with van der Waals surface area (Å²) in [6.45, 7) is 1.51. The van der Waals surface area contributed by atoms with Gasteiger partial charge in [-0.15, -0.1) is 0 Å². The summed E-state index contributed by atoms with van der Waals surface area (Å²) in [5, 5.41) is 8.77. The zero-order valence-corrected chi connectivity index (χ0v) is 10.5. The Morgan fingerprint density at radius 2 is 1.89 bits per heavy atom. The minimum absolute atomic E-state index is 0.0763. The summed E-state index contributed by atoms with van der Waals surface area (Å²) in [7, 11) is 0. The number of carboxylic acids is 1. The SMILES string of the molecule is NC(=O)CC1CCN(c2ncc(C(=O)O)cn2)CC1. The lowest BCUT2D eigenvalue weighted by Gasteiger charge is -2.31. The van der Waals surface area contributed by atoms with Crippen molar-refractivity contribution in [2.75, 3.05) is 18.0 Å². The smallest absolute Gasteiger partial charge is 0.338 e. The number of aromatic nitrogens is 2. The van der Waals surface area contributed by atoms with Crippen molar-refractivity contribution in [2.24, 2.45) is 11.7 Å². The first-order valence-corrected chi connectivity index (χ1v) is 6.15. The van der Waals surface area contributed by atoms with Gasteiger partial charge in [0.15, 0.2) is 0 Å². The second kappa shape index (κ2) is 5.64. The summed E-state index contributed by atoms with van der Waals surface area (Å²) in [5.74, 6) is -0.443. The van der Waals surface area contributed by atoms with Gasteiger partial charge in [-0.05, 0) is 18.8 Å². The maximum atomic E-state index is 10.8. The number of nitrogens with zero attached hydrogens (tertiary/aromatic N) is 3. The molecule has 1 aromatic rings. The number of hydrogen-bond acceptors (Lipinski definition) is 5. The molecule has 7 heteroatoms. The van der Waals surface area contributed by atoms with Crippen molar-refractivity contribution in [1.29, 1.82) is 0 Å². The number of carboxylic acid groups (broad SMARTS) is 1. The van der Waals surface area contributed by atoms with Crippen LogP contribution in [0, 0.1) is 5.92 Å². The number of piperidine rings is 1. The number of hydrogen-bond donors (Lipinski definition) is 2. The van der Waals surface area contributed by atoms with Crippen molar-refractivity contribution in [3.8, 4) is 0 Å². The lowest BCUT2D eigenvalue weighted by Crippen LogP contribution is -2.36. The van der Waals surface area contributed by atoms with Crippen LogP contribution >= 0.6 is 0 Å². The average Bonchev–Trinajstić information content (AvgIpc) is 2.39. The topological polar surface area (TPSA) is 109 Å². The van der Waals surface area contributed by atoms with Gasteiger partial charge in [-0.2, -0.15) is 0 Å². The maximum absolute atomic E-state index is 10.8. The average molecular weight is 264 g/mol. The van der Waals surface area contributed by atoms with Gasteiger partial charge in [-0.25, -0.2) is 14.8 Å². The molecule has 0 unspecified atom stereocenters. The van der Waals surface area contributed by atoms with E-state index >= 15 is 0 Å². The number of primary amides is 1. The lowest BCUT2D eigenvalue weighted by molar-refractivity contribution is -0.119.